The zero-order valence-corrected chi connectivity index (χ0v) is 23.5. The van der Waals surface area contributed by atoms with Crippen molar-refractivity contribution < 1.29 is 4.79 Å². The van der Waals surface area contributed by atoms with Gasteiger partial charge >= 0.3 is 0 Å². The van der Waals surface area contributed by atoms with E-state index in [1.165, 1.54) is 128 Å². The van der Waals surface area contributed by atoms with Crippen LogP contribution in [0.4, 0.5) is 0 Å². The number of nitrogens with one attached hydrogen (secondary N) is 1. The number of hydrogen-bond donors (Lipinski definition) is 1. The SMILES string of the molecule is [CH2]C(CCCC)NC(=O)CCCCCCCC/C=C\CCCCCCCCCCCCCCC. The molecule has 0 aromatic heterocycles. The Labute approximate surface area is 215 Å². The van der Waals surface area contributed by atoms with E-state index < -0.39 is 0 Å². The minimum absolute atomic E-state index is 0.0880. The molecule has 0 saturated carbocycles. The molecule has 0 heterocycles. The Balaban J connectivity index is 3.21. The van der Waals surface area contributed by atoms with Crippen molar-refractivity contribution in [2.75, 3.05) is 0 Å². The van der Waals surface area contributed by atoms with Gasteiger partial charge < -0.3 is 5.32 Å². The molecule has 1 unspecified atom stereocenters. The number of amides is 1. The van der Waals surface area contributed by atoms with E-state index in [1.807, 2.05) is 0 Å². The average molecular weight is 477 g/mol. The largest absolute Gasteiger partial charge is 0.353 e. The summed E-state index contributed by atoms with van der Waals surface area (Å²) in [4.78, 5) is 11.9. The van der Waals surface area contributed by atoms with Crippen LogP contribution in [-0.4, -0.2) is 11.9 Å². The third-order valence-electron chi connectivity index (χ3n) is 6.94. The topological polar surface area (TPSA) is 29.1 Å². The molecule has 0 bridgehead atoms. The van der Waals surface area contributed by atoms with Crippen LogP contribution in [0.3, 0.4) is 0 Å². The molecule has 0 aliphatic heterocycles. The molecule has 0 saturated heterocycles. The van der Waals surface area contributed by atoms with Crippen LogP contribution >= 0.6 is 0 Å². The summed E-state index contributed by atoms with van der Waals surface area (Å²) in [5.41, 5.74) is 0. The Hall–Kier alpha value is -0.790. The van der Waals surface area contributed by atoms with Gasteiger partial charge in [0.15, 0.2) is 0 Å². The molecule has 0 aromatic carbocycles. The van der Waals surface area contributed by atoms with Crippen LogP contribution in [0.1, 0.15) is 174 Å². The molecule has 0 rings (SSSR count). The first-order chi connectivity index (χ1) is 16.7. The molecule has 0 fully saturated rings. The van der Waals surface area contributed by atoms with Gasteiger partial charge in [-0.2, -0.15) is 0 Å². The van der Waals surface area contributed by atoms with Gasteiger partial charge in [0.1, 0.15) is 0 Å². The van der Waals surface area contributed by atoms with Gasteiger partial charge in [-0.05, 0) is 45.4 Å². The number of unbranched alkanes of at least 4 members (excludes halogenated alkanes) is 20. The number of carbonyl (C=O) groups excluding carboxylic acids is 1. The van der Waals surface area contributed by atoms with Crippen molar-refractivity contribution in [3.05, 3.63) is 19.1 Å². The minimum Gasteiger partial charge on any atom is -0.353 e. The van der Waals surface area contributed by atoms with Crippen LogP contribution in [0.15, 0.2) is 12.2 Å². The maximum atomic E-state index is 11.9. The standard InChI is InChI=1S/C32H62NO/c1-4-6-8-9-10-11-12-13-14-15-16-17-18-19-20-21-22-23-24-25-26-27-28-30-32(34)33-31(3)29-7-5-2/h20-21,31H,3-19,22-30H2,1-2H3,(H,33,34)/b21-20-. The van der Waals surface area contributed by atoms with Crippen LogP contribution < -0.4 is 5.32 Å². The lowest BCUT2D eigenvalue weighted by molar-refractivity contribution is -0.121. The quantitative estimate of drug-likeness (QED) is 0.0926. The molecular formula is C32H62NO. The number of hydrogen-bond acceptors (Lipinski definition) is 1. The monoisotopic (exact) mass is 476 g/mol. The molecule has 1 atom stereocenters. The summed E-state index contributed by atoms with van der Waals surface area (Å²) in [5.74, 6) is 0.185. The number of carbonyl (C=O) groups is 1. The van der Waals surface area contributed by atoms with Crippen LogP contribution in [0.2, 0.25) is 0 Å². The molecule has 2 nitrogen and oxygen atoms in total. The van der Waals surface area contributed by atoms with E-state index in [0.29, 0.717) is 6.42 Å². The number of rotatable bonds is 27. The van der Waals surface area contributed by atoms with E-state index >= 15 is 0 Å². The summed E-state index contributed by atoms with van der Waals surface area (Å²) in [6.45, 7) is 8.48. The molecule has 0 aromatic rings. The maximum absolute atomic E-state index is 11.9. The highest BCUT2D eigenvalue weighted by Crippen LogP contribution is 2.13. The smallest absolute Gasteiger partial charge is 0.220 e. The second-order valence-corrected chi connectivity index (χ2v) is 10.6. The van der Waals surface area contributed by atoms with E-state index in [9.17, 15) is 4.79 Å². The van der Waals surface area contributed by atoms with Crippen molar-refractivity contribution in [2.24, 2.45) is 0 Å². The maximum Gasteiger partial charge on any atom is 0.220 e. The van der Waals surface area contributed by atoms with Crippen LogP contribution in [0.5, 0.6) is 0 Å². The Bertz CT molecular complexity index is 431. The fraction of sp³-hybridized carbons (Fsp3) is 0.875. The molecule has 34 heavy (non-hydrogen) atoms. The third-order valence-corrected chi connectivity index (χ3v) is 6.94. The minimum atomic E-state index is 0.0880. The van der Waals surface area contributed by atoms with Crippen molar-refractivity contribution in [1.29, 1.82) is 0 Å². The fourth-order valence-electron chi connectivity index (χ4n) is 4.59. The van der Waals surface area contributed by atoms with E-state index in [2.05, 4.69) is 38.2 Å². The lowest BCUT2D eigenvalue weighted by Gasteiger charge is -2.12. The van der Waals surface area contributed by atoms with Gasteiger partial charge in [0.05, 0.1) is 0 Å². The molecule has 0 aliphatic rings. The Morgan fingerprint density at radius 2 is 0.971 bits per heavy atom. The molecule has 2 heteroatoms. The van der Waals surface area contributed by atoms with Crippen LogP contribution in [0, 0.1) is 6.92 Å². The predicted molar refractivity (Wildman–Crippen MR) is 153 cm³/mol. The molecule has 1 amide bonds. The van der Waals surface area contributed by atoms with E-state index in [4.69, 9.17) is 0 Å². The van der Waals surface area contributed by atoms with Gasteiger partial charge in [0, 0.05) is 12.5 Å². The van der Waals surface area contributed by atoms with Gasteiger partial charge in [-0.3, -0.25) is 4.79 Å². The van der Waals surface area contributed by atoms with Crippen molar-refractivity contribution in [3.63, 3.8) is 0 Å². The zero-order chi connectivity index (χ0) is 25.0. The summed E-state index contributed by atoms with van der Waals surface area (Å²) in [6.07, 6.45) is 37.3. The first kappa shape index (κ1) is 33.2. The third kappa shape index (κ3) is 27.5. The second kappa shape index (κ2) is 28.4. The summed E-state index contributed by atoms with van der Waals surface area (Å²) in [6, 6.07) is 0.0880. The predicted octanol–water partition coefficient (Wildman–Crippen LogP) is 10.7. The van der Waals surface area contributed by atoms with Crippen LogP contribution in [0.25, 0.3) is 0 Å². The second-order valence-electron chi connectivity index (χ2n) is 10.6. The van der Waals surface area contributed by atoms with Crippen molar-refractivity contribution in [2.45, 2.75) is 180 Å². The zero-order valence-electron chi connectivity index (χ0n) is 23.5. The summed E-state index contributed by atoms with van der Waals surface area (Å²) in [7, 11) is 0. The Morgan fingerprint density at radius 1 is 0.588 bits per heavy atom. The van der Waals surface area contributed by atoms with Crippen molar-refractivity contribution in [3.8, 4) is 0 Å². The van der Waals surface area contributed by atoms with Gasteiger partial charge in [-0.25, -0.2) is 0 Å². The van der Waals surface area contributed by atoms with Gasteiger partial charge in [0.25, 0.3) is 0 Å². The number of allylic oxidation sites excluding steroid dienone is 2. The fourth-order valence-corrected chi connectivity index (χ4v) is 4.59. The highest BCUT2D eigenvalue weighted by atomic mass is 16.1. The molecule has 1 N–H and O–H groups in total. The summed E-state index contributed by atoms with van der Waals surface area (Å²) >= 11 is 0. The molecule has 1 radical (unpaired) electrons. The van der Waals surface area contributed by atoms with Crippen molar-refractivity contribution in [1.82, 2.24) is 5.32 Å². The highest BCUT2D eigenvalue weighted by molar-refractivity contribution is 5.76. The van der Waals surface area contributed by atoms with Gasteiger partial charge in [-0.1, -0.05) is 142 Å². The Morgan fingerprint density at radius 3 is 1.41 bits per heavy atom. The van der Waals surface area contributed by atoms with Gasteiger partial charge in [-0.15, -0.1) is 0 Å². The van der Waals surface area contributed by atoms with Gasteiger partial charge in [0.2, 0.25) is 5.91 Å². The average Bonchev–Trinajstić information content (AvgIpc) is 2.83. The lowest BCUT2D eigenvalue weighted by atomic mass is 10.0. The van der Waals surface area contributed by atoms with Crippen LogP contribution in [-0.2, 0) is 4.79 Å². The van der Waals surface area contributed by atoms with E-state index in [-0.39, 0.29) is 11.9 Å². The van der Waals surface area contributed by atoms with Crippen molar-refractivity contribution >= 4 is 5.91 Å². The normalized spacial score (nSPS) is 12.4. The summed E-state index contributed by atoms with van der Waals surface area (Å²) < 4.78 is 0. The highest BCUT2D eigenvalue weighted by Gasteiger charge is 2.06. The molecule has 201 valence electrons. The van der Waals surface area contributed by atoms with E-state index in [0.717, 1.165) is 25.7 Å². The first-order valence-corrected chi connectivity index (χ1v) is 15.5. The van der Waals surface area contributed by atoms with E-state index in [1.54, 1.807) is 0 Å². The Kier molecular flexibility index (Phi) is 27.8. The lowest BCUT2D eigenvalue weighted by Crippen LogP contribution is -2.32. The molecule has 0 aliphatic carbocycles. The first-order valence-electron chi connectivity index (χ1n) is 15.5. The molecular weight excluding hydrogens is 414 g/mol. The summed E-state index contributed by atoms with van der Waals surface area (Å²) in [5, 5.41) is 3.02. The molecule has 0 spiro atoms.